The molecule has 0 atom stereocenters. The first-order valence-electron chi connectivity index (χ1n) is 8.34. The minimum atomic E-state index is -3.62. The number of ether oxygens (including phenoxy) is 1. The second-order valence-electron chi connectivity index (χ2n) is 6.44. The summed E-state index contributed by atoms with van der Waals surface area (Å²) in [5.41, 5.74) is -0.101. The molecule has 0 spiro atoms. The molecule has 0 radical (unpaired) electrons. The van der Waals surface area contributed by atoms with E-state index in [1.165, 1.54) is 30.5 Å². The van der Waals surface area contributed by atoms with Gasteiger partial charge >= 0.3 is 0 Å². The number of sulfonamides is 1. The molecule has 1 fully saturated rings. The summed E-state index contributed by atoms with van der Waals surface area (Å²) in [5.74, 6) is 0.461. The first-order valence-corrected chi connectivity index (χ1v) is 11.1. The minimum absolute atomic E-state index is 0.101. The maximum atomic E-state index is 12.7. The molecule has 3 rings (SSSR count). The molecule has 1 aliphatic carbocycles. The van der Waals surface area contributed by atoms with E-state index in [1.54, 1.807) is 17.4 Å². The Morgan fingerprint density at radius 1 is 1.24 bits per heavy atom. The van der Waals surface area contributed by atoms with E-state index < -0.39 is 10.0 Å². The molecule has 2 aromatic rings. The molecule has 4 nitrogen and oxygen atoms in total. The van der Waals surface area contributed by atoms with Crippen molar-refractivity contribution in [3.05, 3.63) is 45.6 Å². The number of benzene rings is 1. The number of nitrogens with one attached hydrogen (secondary N) is 1. The highest BCUT2D eigenvalue weighted by molar-refractivity contribution is 7.89. The molecule has 1 aliphatic rings. The van der Waals surface area contributed by atoms with Gasteiger partial charge in [0.15, 0.2) is 0 Å². The van der Waals surface area contributed by atoms with Gasteiger partial charge in [0.1, 0.15) is 5.75 Å². The third-order valence-electron chi connectivity index (χ3n) is 4.89. The van der Waals surface area contributed by atoms with Gasteiger partial charge in [0.05, 0.1) is 17.0 Å². The average molecular weight is 400 g/mol. The van der Waals surface area contributed by atoms with E-state index in [9.17, 15) is 8.42 Å². The number of thiophene rings is 1. The highest BCUT2D eigenvalue weighted by Gasteiger charge is 2.36. The third-order valence-corrected chi connectivity index (χ3v) is 7.70. The Morgan fingerprint density at radius 2 is 2.00 bits per heavy atom. The molecule has 25 heavy (non-hydrogen) atoms. The van der Waals surface area contributed by atoms with E-state index in [-0.39, 0.29) is 15.3 Å². The average Bonchev–Trinajstić information content (AvgIpc) is 3.16. The number of methoxy groups -OCH3 is 1. The highest BCUT2D eigenvalue weighted by atomic mass is 35.5. The Hall–Kier alpha value is -1.08. The van der Waals surface area contributed by atoms with E-state index in [4.69, 9.17) is 16.3 Å². The van der Waals surface area contributed by atoms with Gasteiger partial charge in [0.2, 0.25) is 10.0 Å². The molecule has 1 heterocycles. The van der Waals surface area contributed by atoms with Crippen LogP contribution in [0.3, 0.4) is 0 Å². The topological polar surface area (TPSA) is 55.4 Å². The molecular formula is C18H22ClNO3S2. The van der Waals surface area contributed by atoms with Crippen molar-refractivity contribution in [2.45, 2.75) is 42.4 Å². The number of hydrogen-bond acceptors (Lipinski definition) is 4. The van der Waals surface area contributed by atoms with Crippen LogP contribution in [0.1, 0.15) is 37.0 Å². The Balaban J connectivity index is 1.81. The first kappa shape index (κ1) is 18.7. The summed E-state index contributed by atoms with van der Waals surface area (Å²) in [6.07, 6.45) is 5.51. The summed E-state index contributed by atoms with van der Waals surface area (Å²) in [6, 6.07) is 8.68. The fraction of sp³-hybridized carbons (Fsp3) is 0.444. The minimum Gasteiger partial charge on any atom is -0.495 e. The Labute approximate surface area is 158 Å². The molecule has 0 bridgehead atoms. The quantitative estimate of drug-likeness (QED) is 0.772. The lowest BCUT2D eigenvalue weighted by atomic mass is 9.73. The summed E-state index contributed by atoms with van der Waals surface area (Å²) in [7, 11) is -2.12. The van der Waals surface area contributed by atoms with Crippen LogP contribution in [0.4, 0.5) is 0 Å². The van der Waals surface area contributed by atoms with Gasteiger partial charge in [-0.1, -0.05) is 36.9 Å². The lowest BCUT2D eigenvalue weighted by molar-refractivity contribution is 0.298. The molecule has 136 valence electrons. The predicted molar refractivity (Wildman–Crippen MR) is 102 cm³/mol. The highest BCUT2D eigenvalue weighted by Crippen LogP contribution is 2.41. The molecule has 7 heteroatoms. The van der Waals surface area contributed by atoms with Crippen LogP contribution in [0.2, 0.25) is 5.02 Å². The lowest BCUT2D eigenvalue weighted by Crippen LogP contribution is -2.41. The molecule has 0 aliphatic heterocycles. The Morgan fingerprint density at radius 3 is 2.60 bits per heavy atom. The van der Waals surface area contributed by atoms with E-state index in [0.29, 0.717) is 12.3 Å². The Bertz CT molecular complexity index is 813. The van der Waals surface area contributed by atoms with Crippen LogP contribution in [0, 0.1) is 0 Å². The maximum absolute atomic E-state index is 12.7. The standard InChI is InChI=1S/C18H22ClNO3S2/c1-23-16-8-7-14(12-15(16)19)25(21,22)20-13-18(9-3-2-4-10-18)17-6-5-11-24-17/h5-8,11-12,20H,2-4,9-10,13H2,1H3. The van der Waals surface area contributed by atoms with E-state index in [1.807, 2.05) is 6.07 Å². The molecule has 1 aromatic carbocycles. The molecule has 0 amide bonds. The van der Waals surface area contributed by atoms with Crippen LogP contribution < -0.4 is 9.46 Å². The van der Waals surface area contributed by atoms with Crippen LogP contribution in [-0.4, -0.2) is 22.1 Å². The molecule has 1 aromatic heterocycles. The third kappa shape index (κ3) is 4.03. The van der Waals surface area contributed by atoms with Gasteiger partial charge in [-0.2, -0.15) is 0 Å². The van der Waals surface area contributed by atoms with Crippen molar-refractivity contribution in [1.82, 2.24) is 4.72 Å². The van der Waals surface area contributed by atoms with Crippen molar-refractivity contribution in [2.75, 3.05) is 13.7 Å². The fourth-order valence-electron chi connectivity index (χ4n) is 3.45. The number of halogens is 1. The first-order chi connectivity index (χ1) is 12.0. The maximum Gasteiger partial charge on any atom is 0.240 e. The van der Waals surface area contributed by atoms with Gasteiger partial charge in [-0.15, -0.1) is 11.3 Å². The van der Waals surface area contributed by atoms with Crippen molar-refractivity contribution >= 4 is 33.0 Å². The Kier molecular flexibility index (Phi) is 5.73. The number of rotatable bonds is 6. The van der Waals surface area contributed by atoms with E-state index in [2.05, 4.69) is 16.2 Å². The molecule has 0 unspecified atom stereocenters. The van der Waals surface area contributed by atoms with E-state index >= 15 is 0 Å². The van der Waals surface area contributed by atoms with Crippen molar-refractivity contribution in [3.63, 3.8) is 0 Å². The fourth-order valence-corrected chi connectivity index (χ4v) is 5.91. The summed E-state index contributed by atoms with van der Waals surface area (Å²) >= 11 is 7.79. The van der Waals surface area contributed by atoms with Gasteiger partial charge in [-0.25, -0.2) is 13.1 Å². The smallest absolute Gasteiger partial charge is 0.240 e. The van der Waals surface area contributed by atoms with Gasteiger partial charge < -0.3 is 4.74 Å². The summed E-state index contributed by atoms with van der Waals surface area (Å²) in [4.78, 5) is 1.43. The second-order valence-corrected chi connectivity index (χ2v) is 9.56. The molecule has 0 saturated heterocycles. The lowest BCUT2D eigenvalue weighted by Gasteiger charge is -2.36. The van der Waals surface area contributed by atoms with Crippen LogP contribution >= 0.6 is 22.9 Å². The zero-order valence-electron chi connectivity index (χ0n) is 14.1. The summed E-state index contributed by atoms with van der Waals surface area (Å²) < 4.78 is 33.4. The second kappa shape index (κ2) is 7.66. The molecule has 1 saturated carbocycles. The molecular weight excluding hydrogens is 378 g/mol. The SMILES string of the molecule is COc1ccc(S(=O)(=O)NCC2(c3cccs3)CCCCC2)cc1Cl. The van der Waals surface area contributed by atoms with Crippen molar-refractivity contribution in [3.8, 4) is 5.75 Å². The number of hydrogen-bond donors (Lipinski definition) is 1. The van der Waals surface area contributed by atoms with Gasteiger partial charge in [-0.05, 0) is 42.5 Å². The normalized spacial score (nSPS) is 17.4. The van der Waals surface area contributed by atoms with Crippen LogP contribution in [-0.2, 0) is 15.4 Å². The zero-order chi connectivity index (χ0) is 17.9. The summed E-state index contributed by atoms with van der Waals surface area (Å²) in [6.45, 7) is 0.416. The van der Waals surface area contributed by atoms with Crippen molar-refractivity contribution < 1.29 is 13.2 Å². The van der Waals surface area contributed by atoms with Crippen molar-refractivity contribution in [1.29, 1.82) is 0 Å². The van der Waals surface area contributed by atoms with E-state index in [0.717, 1.165) is 25.7 Å². The van der Waals surface area contributed by atoms with Gasteiger partial charge in [0, 0.05) is 16.8 Å². The van der Waals surface area contributed by atoms with Crippen LogP contribution in [0.15, 0.2) is 40.6 Å². The molecule has 1 N–H and O–H groups in total. The monoisotopic (exact) mass is 399 g/mol. The summed E-state index contributed by atoms with van der Waals surface area (Å²) in [5, 5.41) is 2.35. The largest absolute Gasteiger partial charge is 0.495 e. The van der Waals surface area contributed by atoms with Crippen LogP contribution in [0.25, 0.3) is 0 Å². The van der Waals surface area contributed by atoms with Gasteiger partial charge in [-0.3, -0.25) is 0 Å². The predicted octanol–water partition coefficient (Wildman–Crippen LogP) is 4.59. The van der Waals surface area contributed by atoms with Crippen molar-refractivity contribution in [2.24, 2.45) is 0 Å². The van der Waals surface area contributed by atoms with Gasteiger partial charge in [0.25, 0.3) is 0 Å². The van der Waals surface area contributed by atoms with Crippen LogP contribution in [0.5, 0.6) is 5.75 Å². The zero-order valence-corrected chi connectivity index (χ0v) is 16.5.